The molecule has 2 rings (SSSR count). The Bertz CT molecular complexity index is 477. The first kappa shape index (κ1) is 17.7. The van der Waals surface area contributed by atoms with Crippen molar-refractivity contribution >= 4 is 23.0 Å². The van der Waals surface area contributed by atoms with Crippen molar-refractivity contribution < 1.29 is 50.2 Å². The SMILES string of the molecule is O.O=C(O)CNc1[nH+]c[nH+]c2nc[nH]c12.[Cl-].[Cl-]. The third-order valence-electron chi connectivity index (χ3n) is 1.73. The van der Waals surface area contributed by atoms with Gasteiger partial charge in [-0.2, -0.15) is 15.0 Å². The van der Waals surface area contributed by atoms with Gasteiger partial charge in [-0.3, -0.25) is 0 Å². The second-order valence-electron chi connectivity index (χ2n) is 2.68. The summed E-state index contributed by atoms with van der Waals surface area (Å²) in [5.41, 5.74) is 1.38. The van der Waals surface area contributed by atoms with Crippen molar-refractivity contribution in [2.45, 2.75) is 0 Å². The van der Waals surface area contributed by atoms with E-state index >= 15 is 0 Å². The predicted octanol–water partition coefficient (Wildman–Crippen LogP) is -8.13. The molecule has 10 heteroatoms. The monoisotopic (exact) mass is 283 g/mol. The van der Waals surface area contributed by atoms with Gasteiger partial charge in [0.15, 0.2) is 0 Å². The zero-order valence-corrected chi connectivity index (χ0v) is 9.93. The van der Waals surface area contributed by atoms with Crippen molar-refractivity contribution in [2.24, 2.45) is 0 Å². The minimum atomic E-state index is -0.918. The fourth-order valence-corrected chi connectivity index (χ4v) is 1.15. The molecule has 0 aromatic carbocycles. The number of carboxylic acids is 1. The maximum atomic E-state index is 10.3. The number of hydrogen-bond acceptors (Lipinski definition) is 3. The topological polar surface area (TPSA) is 138 Å². The molecule has 2 aromatic rings. The molecule has 0 radical (unpaired) electrons. The van der Waals surface area contributed by atoms with E-state index in [0.29, 0.717) is 17.0 Å². The summed E-state index contributed by atoms with van der Waals surface area (Å²) in [6.45, 7) is -0.144. The van der Waals surface area contributed by atoms with Gasteiger partial charge in [0.05, 0.1) is 6.33 Å². The molecule has 2 aromatic heterocycles. The van der Waals surface area contributed by atoms with Gasteiger partial charge in [0.25, 0.3) is 12.0 Å². The van der Waals surface area contributed by atoms with Crippen molar-refractivity contribution in [3.05, 3.63) is 12.7 Å². The van der Waals surface area contributed by atoms with Gasteiger partial charge in [-0.15, -0.1) is 0 Å². The van der Waals surface area contributed by atoms with Crippen molar-refractivity contribution in [2.75, 3.05) is 11.9 Å². The van der Waals surface area contributed by atoms with E-state index in [2.05, 4.69) is 25.3 Å². The number of aromatic amines is 3. The molecular weight excluding hydrogens is 273 g/mol. The molecule has 0 aliphatic heterocycles. The van der Waals surface area contributed by atoms with E-state index < -0.39 is 5.97 Å². The highest BCUT2D eigenvalue weighted by Crippen LogP contribution is 2.08. The van der Waals surface area contributed by atoms with Crippen LogP contribution in [0.5, 0.6) is 0 Å². The first-order valence-corrected chi connectivity index (χ1v) is 3.98. The van der Waals surface area contributed by atoms with E-state index in [1.807, 2.05) is 0 Å². The molecule has 96 valence electrons. The summed E-state index contributed by atoms with van der Waals surface area (Å²) in [5.74, 6) is -0.322. The van der Waals surface area contributed by atoms with Crippen LogP contribution in [0.2, 0.25) is 0 Å². The summed E-state index contributed by atoms with van der Waals surface area (Å²) >= 11 is 0. The molecule has 0 aliphatic carbocycles. The first-order valence-electron chi connectivity index (χ1n) is 3.98. The quantitative estimate of drug-likeness (QED) is 0.515. The maximum absolute atomic E-state index is 10.3. The van der Waals surface area contributed by atoms with Crippen molar-refractivity contribution in [1.29, 1.82) is 0 Å². The van der Waals surface area contributed by atoms with Gasteiger partial charge in [-0.25, -0.2) is 10.1 Å². The van der Waals surface area contributed by atoms with Crippen LogP contribution in [0.3, 0.4) is 0 Å². The first-order chi connectivity index (χ1) is 6.77. The summed E-state index contributed by atoms with van der Waals surface area (Å²) in [4.78, 5) is 22.9. The molecule has 17 heavy (non-hydrogen) atoms. The zero-order chi connectivity index (χ0) is 9.97. The number of H-pyrrole nitrogens is 3. The highest BCUT2D eigenvalue weighted by Gasteiger charge is 2.16. The lowest BCUT2D eigenvalue weighted by molar-refractivity contribution is -0.506. The normalized spacial score (nSPS) is 8.47. The summed E-state index contributed by atoms with van der Waals surface area (Å²) < 4.78 is 0. The average molecular weight is 284 g/mol. The van der Waals surface area contributed by atoms with E-state index in [1.165, 1.54) is 6.33 Å². The Morgan fingerprint density at radius 1 is 1.47 bits per heavy atom. The van der Waals surface area contributed by atoms with Gasteiger partial charge >= 0.3 is 11.8 Å². The van der Waals surface area contributed by atoms with Crippen LogP contribution in [-0.2, 0) is 4.79 Å². The van der Waals surface area contributed by atoms with Gasteiger partial charge in [0, 0.05) is 0 Å². The lowest BCUT2D eigenvalue weighted by Gasteiger charge is -1.90. The Morgan fingerprint density at radius 2 is 2.18 bits per heavy atom. The minimum absolute atomic E-state index is 0. The fourth-order valence-electron chi connectivity index (χ4n) is 1.15. The van der Waals surface area contributed by atoms with Gasteiger partial charge in [0.2, 0.25) is 12.1 Å². The van der Waals surface area contributed by atoms with E-state index in [1.54, 1.807) is 6.33 Å². The average Bonchev–Trinajstić information content (AvgIpc) is 2.62. The molecule has 0 amide bonds. The van der Waals surface area contributed by atoms with Gasteiger partial charge in [-0.05, 0) is 0 Å². The lowest BCUT2D eigenvalue weighted by Crippen LogP contribution is -3.00. The number of nitrogens with zero attached hydrogens (tertiary/aromatic N) is 1. The number of fused-ring (bicyclic) bond motifs is 1. The number of nitrogens with one attached hydrogen (secondary N) is 4. The highest BCUT2D eigenvalue weighted by atomic mass is 35.5. The number of halogens is 2. The van der Waals surface area contributed by atoms with Crippen LogP contribution in [0.25, 0.3) is 11.2 Å². The van der Waals surface area contributed by atoms with Crippen LogP contribution in [0, 0.1) is 0 Å². The van der Waals surface area contributed by atoms with Crippen molar-refractivity contribution in [1.82, 2.24) is 9.97 Å². The molecule has 7 N–H and O–H groups in total. The molecule has 0 bridgehead atoms. The summed E-state index contributed by atoms with van der Waals surface area (Å²) in [6.07, 6.45) is 3.11. The summed E-state index contributed by atoms with van der Waals surface area (Å²) in [5, 5.41) is 11.2. The number of rotatable bonds is 3. The lowest BCUT2D eigenvalue weighted by atomic mass is 10.5. The van der Waals surface area contributed by atoms with Gasteiger partial charge in [0.1, 0.15) is 0 Å². The Labute approximate surface area is 108 Å². The van der Waals surface area contributed by atoms with E-state index in [9.17, 15) is 4.79 Å². The number of imidazole rings is 1. The molecular formula is C7H11Cl2N5O3. The zero-order valence-electron chi connectivity index (χ0n) is 8.42. The second kappa shape index (κ2) is 7.60. The highest BCUT2D eigenvalue weighted by molar-refractivity contribution is 5.80. The molecule has 0 saturated heterocycles. The molecule has 0 atom stereocenters. The fraction of sp³-hybridized carbons (Fsp3) is 0.143. The molecule has 0 unspecified atom stereocenters. The standard InChI is InChI=1S/C7H7N5O2.2ClH.H2O/c13-4(14)1-8-6-5-7(10-2-9-5)12-3-11-6;;;/h2-3H,1H2,(H,13,14)(H2,8,9,10,11,12);2*1H;1H2. The van der Waals surface area contributed by atoms with Crippen LogP contribution >= 0.6 is 0 Å². The molecule has 8 nitrogen and oxygen atoms in total. The third kappa shape index (κ3) is 4.02. The Morgan fingerprint density at radius 3 is 2.82 bits per heavy atom. The number of carbonyl (C=O) groups is 1. The predicted molar refractivity (Wildman–Crippen MR) is 48.9 cm³/mol. The second-order valence-corrected chi connectivity index (χ2v) is 2.68. The van der Waals surface area contributed by atoms with Crippen LogP contribution in [0.1, 0.15) is 0 Å². The van der Waals surface area contributed by atoms with Crippen molar-refractivity contribution in [3.8, 4) is 0 Å². The number of carboxylic acid groups (broad SMARTS) is 1. The summed E-state index contributed by atoms with van der Waals surface area (Å²) in [7, 11) is 0. The number of hydrogen-bond donors (Lipinski definition) is 3. The Balaban J connectivity index is 0. The minimum Gasteiger partial charge on any atom is -1.00 e. The smallest absolute Gasteiger partial charge is 0.362 e. The Kier molecular flexibility index (Phi) is 7.94. The van der Waals surface area contributed by atoms with Gasteiger partial charge < -0.3 is 40.4 Å². The van der Waals surface area contributed by atoms with Gasteiger partial charge in [-0.1, -0.05) is 0 Å². The van der Waals surface area contributed by atoms with Crippen LogP contribution in [0.15, 0.2) is 12.7 Å². The maximum Gasteiger partial charge on any atom is 0.362 e. The van der Waals surface area contributed by atoms with E-state index in [4.69, 9.17) is 5.11 Å². The Hall–Kier alpha value is -1.64. The molecule has 0 fully saturated rings. The van der Waals surface area contributed by atoms with Crippen molar-refractivity contribution in [3.63, 3.8) is 0 Å². The number of anilines is 1. The summed E-state index contributed by atoms with van der Waals surface area (Å²) in [6, 6.07) is 0. The van der Waals surface area contributed by atoms with Crippen LogP contribution < -0.4 is 40.1 Å². The molecule has 0 saturated carbocycles. The third-order valence-corrected chi connectivity index (χ3v) is 1.73. The van der Waals surface area contributed by atoms with E-state index in [0.717, 1.165) is 0 Å². The largest absolute Gasteiger partial charge is 1.00 e. The van der Waals surface area contributed by atoms with E-state index in [-0.39, 0.29) is 36.8 Å². The number of aliphatic carboxylic acids is 1. The molecule has 0 aliphatic rings. The van der Waals surface area contributed by atoms with Crippen LogP contribution in [0.4, 0.5) is 5.82 Å². The molecule has 0 spiro atoms. The molecule has 2 heterocycles. The number of aromatic nitrogens is 4. The van der Waals surface area contributed by atoms with Crippen LogP contribution in [-0.4, -0.2) is 33.1 Å².